The maximum atomic E-state index is 6.59. The minimum absolute atomic E-state index is 0.0952. The second kappa shape index (κ2) is 6.44. The lowest BCUT2D eigenvalue weighted by Crippen LogP contribution is -2.49. The van der Waals surface area contributed by atoms with Crippen molar-refractivity contribution in [3.8, 4) is 0 Å². The van der Waals surface area contributed by atoms with E-state index in [4.69, 9.17) is 10.2 Å². The topological polar surface area (TPSA) is 38.5 Å². The van der Waals surface area contributed by atoms with Crippen LogP contribution in [0.2, 0.25) is 18.1 Å². The normalized spacial score (nSPS) is 27.3. The highest BCUT2D eigenvalue weighted by Gasteiger charge is 2.44. The van der Waals surface area contributed by atoms with Crippen molar-refractivity contribution in [3.05, 3.63) is 35.9 Å². The van der Waals surface area contributed by atoms with Gasteiger partial charge in [0, 0.05) is 25.2 Å². The zero-order valence-corrected chi connectivity index (χ0v) is 16.0. The summed E-state index contributed by atoms with van der Waals surface area (Å²) in [6.45, 7) is 15.6. The smallest absolute Gasteiger partial charge is 0.192 e. The average molecular weight is 321 g/mol. The molecule has 22 heavy (non-hydrogen) atoms. The third kappa shape index (κ3) is 3.80. The first-order valence-corrected chi connectivity index (χ1v) is 11.2. The Morgan fingerprint density at radius 1 is 1.23 bits per heavy atom. The summed E-state index contributed by atoms with van der Waals surface area (Å²) >= 11 is 0. The monoisotopic (exact) mass is 320 g/mol. The van der Waals surface area contributed by atoms with Gasteiger partial charge in [0.1, 0.15) is 0 Å². The van der Waals surface area contributed by atoms with E-state index in [1.54, 1.807) is 0 Å². The predicted molar refractivity (Wildman–Crippen MR) is 96.4 cm³/mol. The van der Waals surface area contributed by atoms with Crippen LogP contribution in [0.4, 0.5) is 0 Å². The number of rotatable bonds is 4. The number of hydrogen-bond donors (Lipinski definition) is 1. The zero-order chi connectivity index (χ0) is 16.5. The van der Waals surface area contributed by atoms with Gasteiger partial charge in [0.2, 0.25) is 0 Å². The molecule has 1 aliphatic rings. The van der Waals surface area contributed by atoms with Crippen molar-refractivity contribution in [1.29, 1.82) is 0 Å². The van der Waals surface area contributed by atoms with Crippen molar-refractivity contribution >= 4 is 8.32 Å². The van der Waals surface area contributed by atoms with Gasteiger partial charge >= 0.3 is 0 Å². The first-order chi connectivity index (χ1) is 10.1. The van der Waals surface area contributed by atoms with Gasteiger partial charge in [0.15, 0.2) is 8.32 Å². The predicted octanol–water partition coefficient (Wildman–Crippen LogP) is 3.61. The van der Waals surface area contributed by atoms with Gasteiger partial charge in [0.25, 0.3) is 0 Å². The zero-order valence-electron chi connectivity index (χ0n) is 15.0. The minimum atomic E-state index is -1.77. The molecule has 1 saturated heterocycles. The Kier molecular flexibility index (Phi) is 5.17. The first-order valence-electron chi connectivity index (χ1n) is 8.33. The summed E-state index contributed by atoms with van der Waals surface area (Å²) in [6, 6.07) is 11.1. The summed E-state index contributed by atoms with van der Waals surface area (Å²) in [6.07, 6.45) is 0.152. The Bertz CT molecular complexity index is 484. The van der Waals surface area contributed by atoms with Crippen LogP contribution in [0.1, 0.15) is 33.3 Å². The molecule has 124 valence electrons. The SMILES string of the molecule is CC1[C@H](N)[C@@H](O[Si](C)(C)C(C)(C)C)CN1Cc1ccccc1. The summed E-state index contributed by atoms with van der Waals surface area (Å²) < 4.78 is 6.59. The fourth-order valence-electron chi connectivity index (χ4n) is 2.77. The van der Waals surface area contributed by atoms with E-state index in [0.29, 0.717) is 6.04 Å². The Morgan fingerprint density at radius 2 is 1.82 bits per heavy atom. The van der Waals surface area contributed by atoms with E-state index in [9.17, 15) is 0 Å². The Hall–Kier alpha value is -0.683. The molecule has 1 aromatic carbocycles. The molecule has 1 heterocycles. The second-order valence-electron chi connectivity index (χ2n) is 8.15. The first kappa shape index (κ1) is 17.7. The van der Waals surface area contributed by atoms with Crippen molar-refractivity contribution in [3.63, 3.8) is 0 Å². The Balaban J connectivity index is 2.04. The summed E-state index contributed by atoms with van der Waals surface area (Å²) in [5.74, 6) is 0. The van der Waals surface area contributed by atoms with Crippen molar-refractivity contribution in [2.75, 3.05) is 6.54 Å². The second-order valence-corrected chi connectivity index (χ2v) is 12.9. The van der Waals surface area contributed by atoms with Crippen LogP contribution in [0.25, 0.3) is 0 Å². The molecular weight excluding hydrogens is 288 g/mol. The van der Waals surface area contributed by atoms with Crippen LogP contribution < -0.4 is 5.73 Å². The highest BCUT2D eigenvalue weighted by Crippen LogP contribution is 2.38. The van der Waals surface area contributed by atoms with Gasteiger partial charge in [-0.3, -0.25) is 4.90 Å². The van der Waals surface area contributed by atoms with E-state index in [-0.39, 0.29) is 17.2 Å². The molecule has 0 spiro atoms. The number of nitrogens with zero attached hydrogens (tertiary/aromatic N) is 1. The molecule has 1 unspecified atom stereocenters. The van der Waals surface area contributed by atoms with E-state index < -0.39 is 8.32 Å². The third-order valence-electron chi connectivity index (χ3n) is 5.46. The van der Waals surface area contributed by atoms with Crippen molar-refractivity contribution in [2.45, 2.75) is 70.6 Å². The minimum Gasteiger partial charge on any atom is -0.411 e. The lowest BCUT2D eigenvalue weighted by molar-refractivity contribution is 0.169. The Morgan fingerprint density at radius 3 is 2.36 bits per heavy atom. The van der Waals surface area contributed by atoms with Crippen molar-refractivity contribution in [2.24, 2.45) is 5.73 Å². The van der Waals surface area contributed by atoms with E-state index in [0.717, 1.165) is 13.1 Å². The van der Waals surface area contributed by atoms with Gasteiger partial charge in [-0.1, -0.05) is 51.1 Å². The molecule has 0 amide bonds. The van der Waals surface area contributed by atoms with Crippen molar-refractivity contribution < 1.29 is 4.43 Å². The molecule has 3 atom stereocenters. The molecule has 0 aliphatic carbocycles. The molecule has 1 aromatic rings. The van der Waals surface area contributed by atoms with E-state index in [1.807, 2.05) is 0 Å². The largest absolute Gasteiger partial charge is 0.411 e. The third-order valence-corrected chi connectivity index (χ3v) is 9.96. The highest BCUT2D eigenvalue weighted by atomic mass is 28.4. The molecule has 2 N–H and O–H groups in total. The van der Waals surface area contributed by atoms with Crippen LogP contribution in [-0.2, 0) is 11.0 Å². The molecule has 1 aliphatic heterocycles. The van der Waals surface area contributed by atoms with Gasteiger partial charge in [-0.2, -0.15) is 0 Å². The fourth-order valence-corrected chi connectivity index (χ4v) is 4.11. The average Bonchev–Trinajstić information content (AvgIpc) is 2.67. The highest BCUT2D eigenvalue weighted by molar-refractivity contribution is 6.74. The van der Waals surface area contributed by atoms with Crippen LogP contribution >= 0.6 is 0 Å². The molecule has 2 rings (SSSR count). The van der Waals surface area contributed by atoms with Crippen LogP contribution in [0.3, 0.4) is 0 Å². The van der Waals surface area contributed by atoms with E-state index >= 15 is 0 Å². The molecule has 0 saturated carbocycles. The quantitative estimate of drug-likeness (QED) is 0.861. The summed E-state index contributed by atoms with van der Waals surface area (Å²) in [5.41, 5.74) is 7.81. The molecule has 3 nitrogen and oxygen atoms in total. The molecular formula is C18H32N2OSi. The number of benzene rings is 1. The van der Waals surface area contributed by atoms with Crippen LogP contribution in [0.5, 0.6) is 0 Å². The molecule has 0 aromatic heterocycles. The van der Waals surface area contributed by atoms with Crippen molar-refractivity contribution in [1.82, 2.24) is 4.90 Å². The van der Waals surface area contributed by atoms with Gasteiger partial charge in [-0.05, 0) is 30.6 Å². The maximum Gasteiger partial charge on any atom is 0.192 e. The standard InChI is InChI=1S/C18H32N2OSi/c1-14-17(19)16(21-22(5,6)18(2,3)4)13-20(14)12-15-10-8-7-9-11-15/h7-11,14,16-17H,12-13,19H2,1-6H3/t14?,16-,17-/m0/s1. The summed E-state index contributed by atoms with van der Waals surface area (Å²) in [5, 5.41) is 0.225. The Labute approximate surface area is 137 Å². The summed E-state index contributed by atoms with van der Waals surface area (Å²) in [7, 11) is -1.77. The van der Waals surface area contributed by atoms with Crippen LogP contribution in [-0.4, -0.2) is 37.9 Å². The fraction of sp³-hybridized carbons (Fsp3) is 0.667. The molecule has 4 heteroatoms. The molecule has 0 radical (unpaired) electrons. The van der Waals surface area contributed by atoms with Gasteiger partial charge in [0.05, 0.1) is 6.10 Å². The lowest BCUT2D eigenvalue weighted by Gasteiger charge is -2.39. The van der Waals surface area contributed by atoms with E-state index in [2.05, 4.69) is 76.0 Å². The number of nitrogens with two attached hydrogens (primary N) is 1. The molecule has 0 bridgehead atoms. The van der Waals surface area contributed by atoms with Gasteiger partial charge in [-0.25, -0.2) is 0 Å². The number of hydrogen-bond acceptors (Lipinski definition) is 3. The number of likely N-dealkylation sites (tertiary alicyclic amines) is 1. The van der Waals surface area contributed by atoms with Crippen LogP contribution in [0, 0.1) is 0 Å². The summed E-state index contributed by atoms with van der Waals surface area (Å²) in [4.78, 5) is 2.46. The van der Waals surface area contributed by atoms with Gasteiger partial charge in [-0.15, -0.1) is 0 Å². The van der Waals surface area contributed by atoms with E-state index in [1.165, 1.54) is 5.56 Å². The lowest BCUT2D eigenvalue weighted by atomic mass is 10.1. The molecule has 1 fully saturated rings. The maximum absolute atomic E-state index is 6.59. The van der Waals surface area contributed by atoms with Crippen LogP contribution in [0.15, 0.2) is 30.3 Å². The van der Waals surface area contributed by atoms with Gasteiger partial charge < -0.3 is 10.2 Å².